The molecule has 3 unspecified atom stereocenters. The van der Waals surface area contributed by atoms with Gasteiger partial charge in [-0.15, -0.1) is 0 Å². The van der Waals surface area contributed by atoms with Gasteiger partial charge in [0.05, 0.1) is 67.3 Å². The Hall–Kier alpha value is -9.00. The van der Waals surface area contributed by atoms with Crippen LogP contribution in [-0.2, 0) is 18.5 Å². The number of hydrogen-bond donors (Lipinski definition) is 4. The van der Waals surface area contributed by atoms with Crippen molar-refractivity contribution in [1.82, 2.24) is 44.1 Å². The van der Waals surface area contributed by atoms with Crippen molar-refractivity contribution in [3.63, 3.8) is 0 Å². The second kappa shape index (κ2) is 32.4. The molecule has 6 aromatic heterocycles. The number of imidazole rings is 3. The van der Waals surface area contributed by atoms with Gasteiger partial charge in [0.1, 0.15) is 28.3 Å². The predicted octanol–water partition coefficient (Wildman–Crippen LogP) is 12.8. The van der Waals surface area contributed by atoms with Crippen molar-refractivity contribution in [2.45, 2.75) is 102 Å². The quantitative estimate of drug-likeness (QED) is 0.0320. The summed E-state index contributed by atoms with van der Waals surface area (Å²) in [6, 6.07) is 40.4. The zero-order valence-corrected chi connectivity index (χ0v) is 59.7. The first kappa shape index (κ1) is 73.4. The van der Waals surface area contributed by atoms with Gasteiger partial charge in [-0.3, -0.25) is 29.8 Å². The Kier molecular flexibility index (Phi) is 25.1. The summed E-state index contributed by atoms with van der Waals surface area (Å²) in [5.74, 6) is 3.38. The van der Waals surface area contributed by atoms with Crippen molar-refractivity contribution in [3.8, 4) is 33.4 Å². The van der Waals surface area contributed by atoms with E-state index in [0.29, 0.717) is 74.3 Å². The number of H-pyrrole nitrogens is 1. The molecule has 6 heterocycles. The second-order valence-electron chi connectivity index (χ2n) is 21.4. The fraction of sp³-hybridized carbons (Fsp3) is 0.262. The van der Waals surface area contributed by atoms with Gasteiger partial charge in [0, 0.05) is 41.9 Å². The first-order chi connectivity index (χ1) is 44.9. The number of nitrogens with one attached hydrogen (secondary N) is 3. The first-order valence-corrected chi connectivity index (χ1v) is 40.7. The molecule has 486 valence electrons. The molecule has 26 nitrogen and oxygen atoms in total. The number of aromatic nitrogens is 9. The van der Waals surface area contributed by atoms with Crippen LogP contribution in [0.4, 0.5) is 29.0 Å². The fourth-order valence-corrected chi connectivity index (χ4v) is 11.4. The number of nitro groups is 2. The van der Waals surface area contributed by atoms with E-state index in [4.69, 9.17) is 41.1 Å². The van der Waals surface area contributed by atoms with Crippen molar-refractivity contribution in [2.24, 2.45) is 0 Å². The van der Waals surface area contributed by atoms with Gasteiger partial charge >= 0.3 is 67.8 Å². The summed E-state index contributed by atoms with van der Waals surface area (Å²) < 4.78 is 58.0. The van der Waals surface area contributed by atoms with E-state index < -0.39 is 29.1 Å². The second-order valence-corrected chi connectivity index (χ2v) is 23.9. The molecule has 0 aliphatic rings. The predicted molar refractivity (Wildman–Crippen MR) is 370 cm³/mol. The van der Waals surface area contributed by atoms with Crippen LogP contribution in [0.3, 0.4) is 0 Å². The number of anilines is 3. The maximum absolute atomic E-state index is 12.7. The van der Waals surface area contributed by atoms with Gasteiger partial charge in [-0.25, -0.2) is 14.8 Å². The van der Waals surface area contributed by atoms with Crippen LogP contribution in [0.15, 0.2) is 146 Å². The van der Waals surface area contributed by atoms with E-state index in [1.54, 1.807) is 37.5 Å². The first-order valence-electron chi connectivity index (χ1n) is 30.0. The summed E-state index contributed by atoms with van der Waals surface area (Å²) in [7, 11) is -5.90. The Morgan fingerprint density at radius 2 is 0.874 bits per heavy atom. The number of fused-ring (bicyclic) bond motifs is 3. The van der Waals surface area contributed by atoms with E-state index in [1.807, 2.05) is 118 Å². The number of aromatic amines is 1. The molecule has 0 saturated carbocycles. The van der Waals surface area contributed by atoms with Crippen LogP contribution in [0.2, 0.25) is 0 Å². The molecule has 0 aliphatic carbocycles. The molecule has 30 heteroatoms. The van der Waals surface area contributed by atoms with Crippen LogP contribution in [0.5, 0.6) is 0 Å². The molecule has 12 aromatic rings. The van der Waals surface area contributed by atoms with Crippen LogP contribution in [0.1, 0.15) is 111 Å². The van der Waals surface area contributed by atoms with Crippen molar-refractivity contribution in [3.05, 3.63) is 209 Å². The standard InChI is InChI=1S/C22H23N5O3.C22H25N5O.C20H18N4O4.CH4.2Na.O4S2/c1-5-23-22-24-21-18(26(22)14(3)16-9-7-6-8-10-16)11-17(12-19(21)27(28)29)20-13(2)25-30-15(20)4;1-5-24-22-25-21-18(23)11-17(20-13(2)26-28-15(20)4)12-19(21)27(22)14(3)16-9-7-6-8-10-16;1-11-18(13(3)28-22-11)15-9-16-19(17(10-15)24(26)27)21-20(25)23(16)12(2)14-7-5-4-6-8-14;;;;1-5(2)6(3)4/h6-12,14H,5H2,1-4H3,(H,23,24);6-12,14H,5,23H2,1-4H3,(H,24,25);4-10,12H,1-3H3,(H,21,25);1H4;;;. The zero-order chi connectivity index (χ0) is 68.4. The van der Waals surface area contributed by atoms with Crippen molar-refractivity contribution in [1.29, 1.82) is 0 Å². The minimum atomic E-state index is -2.95. The average molecular weight is 1350 g/mol. The molecule has 12 rings (SSSR count). The fourth-order valence-electron chi connectivity index (χ4n) is 11.4. The van der Waals surface area contributed by atoms with Crippen LogP contribution >= 0.6 is 0 Å². The third-order valence-corrected chi connectivity index (χ3v) is 16.4. The van der Waals surface area contributed by atoms with Crippen LogP contribution in [0, 0.1) is 61.8 Å². The molecule has 0 saturated heterocycles. The number of hydrogen-bond acceptors (Lipinski definition) is 20. The van der Waals surface area contributed by atoms with E-state index in [2.05, 4.69) is 91.7 Å². The van der Waals surface area contributed by atoms with E-state index in [0.717, 1.165) is 62.8 Å². The van der Waals surface area contributed by atoms with Crippen molar-refractivity contribution >= 4 is 124 Å². The number of nitrogens with zero attached hydrogens (tertiary/aromatic N) is 10. The molecule has 0 bridgehead atoms. The van der Waals surface area contributed by atoms with Gasteiger partial charge in [0.25, 0.3) is 11.4 Å². The average Bonchev–Trinajstić information content (AvgIpc) is 1.63. The summed E-state index contributed by atoms with van der Waals surface area (Å²) in [6.07, 6.45) is 0. The monoisotopic (exact) mass is 1350 g/mol. The number of rotatable bonds is 15. The Morgan fingerprint density at radius 3 is 1.22 bits per heavy atom. The van der Waals surface area contributed by atoms with Crippen LogP contribution in [-0.4, -0.2) is 128 Å². The topological polar surface area (TPSA) is 356 Å². The van der Waals surface area contributed by atoms with Gasteiger partial charge in [-0.1, -0.05) is 114 Å². The number of non-ortho nitro benzene ring substituents is 2. The summed E-state index contributed by atoms with van der Waals surface area (Å²) in [5, 5.41) is 42.3. The molecular formula is C65H70N14Na2O12S2. The third kappa shape index (κ3) is 15.9. The summed E-state index contributed by atoms with van der Waals surface area (Å²) >= 11 is 2.89. The number of nitrogen functional groups attached to an aromatic ring is 1. The van der Waals surface area contributed by atoms with E-state index in [9.17, 15) is 25.0 Å². The number of aryl methyl sites for hydroxylation is 6. The van der Waals surface area contributed by atoms with Gasteiger partial charge < -0.3 is 39.1 Å². The molecule has 0 aliphatic heterocycles. The summed E-state index contributed by atoms with van der Waals surface area (Å²) in [4.78, 5) is 47.5. The Bertz CT molecular complexity index is 4960. The van der Waals surface area contributed by atoms with Gasteiger partial charge in [0.15, 0.2) is 5.52 Å². The summed E-state index contributed by atoms with van der Waals surface area (Å²) in [6.45, 7) is 22.6. The number of nitrogens with two attached hydrogens (primary N) is 1. The van der Waals surface area contributed by atoms with Crippen LogP contribution in [0.25, 0.3) is 66.5 Å². The normalized spacial score (nSPS) is 11.7. The number of benzene rings is 6. The number of nitro benzene ring substituents is 2. The molecule has 5 N–H and O–H groups in total. The Morgan fingerprint density at radius 1 is 0.537 bits per heavy atom. The molecule has 6 aromatic carbocycles. The molecule has 0 amide bonds. The zero-order valence-electron chi connectivity index (χ0n) is 54.0. The molecule has 95 heavy (non-hydrogen) atoms. The van der Waals surface area contributed by atoms with E-state index in [-0.39, 0.29) is 47.4 Å². The minimum absolute atomic E-state index is 0. The summed E-state index contributed by atoms with van der Waals surface area (Å²) in [5.41, 5.74) is 20.1. The third-order valence-electron chi connectivity index (χ3n) is 15.6. The molecule has 0 fully saturated rings. The molecule has 0 spiro atoms. The SMILES string of the molecule is C.CCNc1nc2c(N)cc(-c3c(C)noc3C)cc2n1C(C)c1ccccc1.CCNc1nc2c([N+](=O)[O-])cc(-c3c(C)noc3C)cc2n1C(C)c1ccccc1.Cc1noc(C)c1-c1cc([N+](=O)[O-])c2[nH]c(=O)n(C(C)c3ccccc3)c2c1.O=S(=O)=S(=O)=O.[Na][Na]. The van der Waals surface area contributed by atoms with E-state index in [1.165, 1.54) is 55.2 Å². The van der Waals surface area contributed by atoms with Crippen molar-refractivity contribution < 1.29 is 40.3 Å². The van der Waals surface area contributed by atoms with Gasteiger partial charge in [0.2, 0.25) is 11.9 Å². The van der Waals surface area contributed by atoms with Crippen LogP contribution < -0.4 is 22.1 Å². The van der Waals surface area contributed by atoms with Gasteiger partial charge in [-0.05, 0) is 134 Å². The Balaban J connectivity index is 0.000000189. The maximum atomic E-state index is 12.7. The van der Waals surface area contributed by atoms with E-state index >= 15 is 0 Å². The van der Waals surface area contributed by atoms with Crippen molar-refractivity contribution in [2.75, 3.05) is 29.5 Å². The molecule has 0 radical (unpaired) electrons. The molecular weight excluding hydrogens is 1280 g/mol. The molecule has 3 atom stereocenters. The Labute approximate surface area is 577 Å². The van der Waals surface area contributed by atoms with Gasteiger partial charge in [-0.2, -0.15) is 16.8 Å².